The van der Waals surface area contributed by atoms with Crippen LogP contribution < -0.4 is 10.6 Å². The number of carbonyl (C=O) groups is 2. The minimum Gasteiger partial charge on any atom is -0.480 e. The van der Waals surface area contributed by atoms with Gasteiger partial charge in [-0.05, 0) is 31.5 Å². The summed E-state index contributed by atoms with van der Waals surface area (Å²) in [5.41, 5.74) is 0.427. The lowest BCUT2D eigenvalue weighted by molar-refractivity contribution is -0.384. The molecule has 2 amide bonds. The molecule has 0 heterocycles. The van der Waals surface area contributed by atoms with Gasteiger partial charge in [-0.3, -0.25) is 19.8 Å². The van der Waals surface area contributed by atoms with Gasteiger partial charge in [-0.25, -0.2) is 4.79 Å². The molecule has 1 fully saturated rings. The first kappa shape index (κ1) is 17.7. The van der Waals surface area contributed by atoms with Gasteiger partial charge in [0, 0.05) is 29.9 Å². The van der Waals surface area contributed by atoms with Gasteiger partial charge in [-0.15, -0.1) is 0 Å². The molecular formula is C15H20N4O5. The summed E-state index contributed by atoms with van der Waals surface area (Å²) >= 11 is 0. The average molecular weight is 336 g/mol. The molecule has 1 aromatic rings. The molecule has 130 valence electrons. The summed E-state index contributed by atoms with van der Waals surface area (Å²) in [5, 5.41) is 24.8. The number of nitro groups is 1. The lowest BCUT2D eigenvalue weighted by atomic mass is 9.85. The van der Waals surface area contributed by atoms with Crippen LogP contribution in [0.2, 0.25) is 0 Å². The van der Waals surface area contributed by atoms with Crippen LogP contribution in [0.4, 0.5) is 16.2 Å². The third-order valence-corrected chi connectivity index (χ3v) is 4.05. The average Bonchev–Trinajstić information content (AvgIpc) is 2.48. The number of benzene rings is 1. The molecule has 0 aromatic heterocycles. The van der Waals surface area contributed by atoms with Crippen LogP contribution in [0.1, 0.15) is 19.8 Å². The summed E-state index contributed by atoms with van der Waals surface area (Å²) in [6.45, 7) is 2.56. The number of non-ortho nitro benzene ring substituents is 1. The van der Waals surface area contributed by atoms with E-state index in [-0.39, 0.29) is 30.3 Å². The van der Waals surface area contributed by atoms with Gasteiger partial charge >= 0.3 is 12.0 Å². The van der Waals surface area contributed by atoms with Crippen molar-refractivity contribution in [3.63, 3.8) is 0 Å². The fourth-order valence-electron chi connectivity index (χ4n) is 2.70. The zero-order valence-electron chi connectivity index (χ0n) is 13.3. The van der Waals surface area contributed by atoms with E-state index in [1.165, 1.54) is 24.3 Å². The first-order valence-electron chi connectivity index (χ1n) is 7.66. The predicted molar refractivity (Wildman–Crippen MR) is 86.9 cm³/mol. The topological polar surface area (TPSA) is 125 Å². The minimum absolute atomic E-state index is 0.00286. The van der Waals surface area contributed by atoms with Crippen LogP contribution in [-0.4, -0.2) is 52.1 Å². The van der Waals surface area contributed by atoms with E-state index in [0.29, 0.717) is 25.1 Å². The number of urea groups is 1. The minimum atomic E-state index is -0.857. The highest BCUT2D eigenvalue weighted by Crippen LogP contribution is 2.25. The number of carboxylic acids is 1. The number of aliphatic carboxylic acids is 1. The Bertz CT molecular complexity index is 613. The first-order chi connectivity index (χ1) is 11.4. The number of nitrogens with zero attached hydrogens (tertiary/aromatic N) is 2. The standard InChI is InChI=1S/C15H20N4O5/c1-2-18(9-14(20)21)13-7-11(8-13)17-15(22)16-10-3-5-12(6-4-10)19(23)24/h3-6,11,13H,2,7-9H2,1H3,(H,20,21)(H2,16,17,22). The van der Waals surface area contributed by atoms with Gasteiger partial charge in [-0.1, -0.05) is 6.92 Å². The Balaban J connectivity index is 1.76. The second-order valence-corrected chi connectivity index (χ2v) is 5.68. The number of likely N-dealkylation sites (N-methyl/N-ethyl adjacent to an activating group) is 1. The molecule has 9 nitrogen and oxygen atoms in total. The number of anilines is 1. The molecule has 2 rings (SSSR count). The Morgan fingerprint density at radius 2 is 1.96 bits per heavy atom. The van der Waals surface area contributed by atoms with Crippen LogP contribution in [0.25, 0.3) is 0 Å². The molecule has 1 aliphatic carbocycles. The summed E-state index contributed by atoms with van der Waals surface area (Å²) in [4.78, 5) is 34.6. The van der Waals surface area contributed by atoms with E-state index in [1.807, 2.05) is 11.8 Å². The lowest BCUT2D eigenvalue weighted by Gasteiger charge is -2.42. The highest BCUT2D eigenvalue weighted by atomic mass is 16.6. The van der Waals surface area contributed by atoms with Gasteiger partial charge in [-0.2, -0.15) is 0 Å². The maximum absolute atomic E-state index is 11.9. The summed E-state index contributed by atoms with van der Waals surface area (Å²) < 4.78 is 0. The van der Waals surface area contributed by atoms with Crippen LogP contribution in [0, 0.1) is 10.1 Å². The van der Waals surface area contributed by atoms with Crippen LogP contribution >= 0.6 is 0 Å². The van der Waals surface area contributed by atoms with Crippen molar-refractivity contribution in [2.24, 2.45) is 0 Å². The van der Waals surface area contributed by atoms with Gasteiger partial charge in [0.05, 0.1) is 11.5 Å². The van der Waals surface area contributed by atoms with Crippen LogP contribution in [0.5, 0.6) is 0 Å². The first-order valence-corrected chi connectivity index (χ1v) is 7.66. The number of nitrogens with one attached hydrogen (secondary N) is 2. The molecule has 3 N–H and O–H groups in total. The highest BCUT2D eigenvalue weighted by molar-refractivity contribution is 5.89. The maximum Gasteiger partial charge on any atom is 0.319 e. The number of carboxylic acid groups (broad SMARTS) is 1. The van der Waals surface area contributed by atoms with Crippen molar-refractivity contribution in [3.05, 3.63) is 34.4 Å². The Morgan fingerprint density at radius 1 is 1.33 bits per heavy atom. The second-order valence-electron chi connectivity index (χ2n) is 5.68. The molecule has 1 aliphatic rings. The molecule has 0 bridgehead atoms. The van der Waals surface area contributed by atoms with E-state index >= 15 is 0 Å². The molecule has 0 unspecified atom stereocenters. The third kappa shape index (κ3) is 4.66. The number of nitro benzene ring substituents is 1. The summed E-state index contributed by atoms with van der Waals surface area (Å²) in [5.74, 6) is -0.857. The zero-order valence-corrected chi connectivity index (χ0v) is 13.3. The lowest BCUT2D eigenvalue weighted by Crippen LogP contribution is -2.55. The molecule has 0 aliphatic heterocycles. The van der Waals surface area contributed by atoms with Gasteiger partial charge in [0.15, 0.2) is 0 Å². The van der Waals surface area contributed by atoms with Crippen molar-refractivity contribution in [2.45, 2.75) is 31.8 Å². The number of hydrogen-bond acceptors (Lipinski definition) is 5. The van der Waals surface area contributed by atoms with E-state index < -0.39 is 10.9 Å². The summed E-state index contributed by atoms with van der Waals surface area (Å²) in [7, 11) is 0. The SMILES string of the molecule is CCN(CC(=O)O)C1CC(NC(=O)Nc2ccc([N+](=O)[O-])cc2)C1. The van der Waals surface area contributed by atoms with Crippen molar-refractivity contribution in [1.29, 1.82) is 0 Å². The van der Waals surface area contributed by atoms with Crippen molar-refractivity contribution in [2.75, 3.05) is 18.4 Å². The van der Waals surface area contributed by atoms with Gasteiger partial charge < -0.3 is 15.7 Å². The predicted octanol–water partition coefficient (Wildman–Crippen LogP) is 1.65. The molecule has 0 saturated heterocycles. The van der Waals surface area contributed by atoms with Crippen molar-refractivity contribution < 1.29 is 19.6 Å². The molecule has 1 aromatic carbocycles. The van der Waals surface area contributed by atoms with Crippen LogP contribution in [0.3, 0.4) is 0 Å². The summed E-state index contributed by atoms with van der Waals surface area (Å²) in [6, 6.07) is 5.35. The Kier molecular flexibility index (Phi) is 5.69. The molecule has 0 radical (unpaired) electrons. The Hall–Kier alpha value is -2.68. The Labute approximate surface area is 138 Å². The zero-order chi connectivity index (χ0) is 17.7. The smallest absolute Gasteiger partial charge is 0.319 e. The number of amides is 2. The largest absolute Gasteiger partial charge is 0.480 e. The molecular weight excluding hydrogens is 316 g/mol. The van der Waals surface area contributed by atoms with E-state index in [1.54, 1.807) is 0 Å². The molecule has 9 heteroatoms. The molecule has 1 saturated carbocycles. The monoisotopic (exact) mass is 336 g/mol. The molecule has 0 spiro atoms. The molecule has 0 atom stereocenters. The van der Waals surface area contributed by atoms with Gasteiger partial charge in [0.25, 0.3) is 5.69 Å². The van der Waals surface area contributed by atoms with Gasteiger partial charge in [0.2, 0.25) is 0 Å². The van der Waals surface area contributed by atoms with Crippen LogP contribution in [-0.2, 0) is 4.79 Å². The van der Waals surface area contributed by atoms with Gasteiger partial charge in [0.1, 0.15) is 0 Å². The number of carbonyl (C=O) groups excluding carboxylic acids is 1. The van der Waals surface area contributed by atoms with E-state index in [4.69, 9.17) is 5.11 Å². The van der Waals surface area contributed by atoms with Crippen molar-refractivity contribution in [1.82, 2.24) is 10.2 Å². The normalized spacial score (nSPS) is 19.4. The van der Waals surface area contributed by atoms with Crippen molar-refractivity contribution >= 4 is 23.4 Å². The highest BCUT2D eigenvalue weighted by Gasteiger charge is 2.34. The van der Waals surface area contributed by atoms with E-state index in [2.05, 4.69) is 10.6 Å². The van der Waals surface area contributed by atoms with Crippen LogP contribution in [0.15, 0.2) is 24.3 Å². The molecule has 24 heavy (non-hydrogen) atoms. The number of rotatable bonds is 7. The second kappa shape index (κ2) is 7.73. The van der Waals surface area contributed by atoms with E-state index in [9.17, 15) is 19.7 Å². The fourth-order valence-corrected chi connectivity index (χ4v) is 2.70. The quantitative estimate of drug-likeness (QED) is 0.513. The Morgan fingerprint density at radius 3 is 2.46 bits per heavy atom. The fraction of sp³-hybridized carbons (Fsp3) is 0.467. The maximum atomic E-state index is 11.9. The number of hydrogen-bond donors (Lipinski definition) is 3. The third-order valence-electron chi connectivity index (χ3n) is 4.05. The van der Waals surface area contributed by atoms with Crippen molar-refractivity contribution in [3.8, 4) is 0 Å². The van der Waals surface area contributed by atoms with E-state index in [0.717, 1.165) is 0 Å². The summed E-state index contributed by atoms with van der Waals surface area (Å²) in [6.07, 6.45) is 1.41.